The van der Waals surface area contributed by atoms with E-state index in [9.17, 15) is 48.4 Å². The number of fused-ring (bicyclic) bond motifs is 6. The molecule has 10 aromatic rings. The number of carbonyl (C=O) groups is 9. The molecule has 33 nitrogen and oxygen atoms in total. The number of piperidine rings is 2. The molecule has 18 rings (SSSR count). The molecule has 8 heterocycles. The number of carboxylic acids is 1. The zero-order valence-corrected chi connectivity index (χ0v) is 77.3. The molecule has 8 fully saturated rings. The summed E-state index contributed by atoms with van der Waals surface area (Å²) in [5, 5.41) is 40.7. The normalized spacial score (nSPS) is 21.0. The molecule has 4 bridgehead atoms. The molecular weight excluding hydrogens is 1710 g/mol. The molecule has 4 saturated heterocycles. The highest BCUT2D eigenvalue weighted by Gasteiger charge is 2.58. The van der Waals surface area contributed by atoms with E-state index in [4.69, 9.17) is 49.3 Å². The molecule has 33 heteroatoms. The number of hydrogen-bond donors (Lipinski definition) is 9. The fourth-order valence-electron chi connectivity index (χ4n) is 20.4. The molecule has 0 unspecified atom stereocenters. The number of imidazole rings is 4. The zero-order chi connectivity index (χ0) is 94.8. The van der Waals surface area contributed by atoms with Gasteiger partial charge in [0.15, 0.2) is 0 Å². The van der Waals surface area contributed by atoms with Gasteiger partial charge < -0.3 is 84.7 Å². The van der Waals surface area contributed by atoms with Gasteiger partial charge in [0, 0.05) is 49.1 Å². The van der Waals surface area contributed by atoms with Gasteiger partial charge in [-0.15, -0.1) is 0 Å². The molecule has 2 spiro atoms. The van der Waals surface area contributed by atoms with E-state index in [-0.39, 0.29) is 108 Å². The maximum absolute atomic E-state index is 14.0. The van der Waals surface area contributed by atoms with Crippen LogP contribution in [-0.2, 0) is 42.9 Å². The van der Waals surface area contributed by atoms with Crippen LogP contribution in [0.25, 0.3) is 88.8 Å². The van der Waals surface area contributed by atoms with Gasteiger partial charge in [-0.25, -0.2) is 48.7 Å². The first kappa shape index (κ1) is 93.1. The number of nitriles is 2. The van der Waals surface area contributed by atoms with Crippen molar-refractivity contribution in [2.24, 2.45) is 34.5 Å². The fourth-order valence-corrected chi connectivity index (χ4v) is 20.4. The number of aromatic amines is 4. The maximum Gasteiger partial charge on any atom is 0.410 e. The number of carbonyl (C=O) groups excluding carboxylic acids is 8. The average molecular weight is 1820 g/mol. The highest BCUT2D eigenvalue weighted by atomic mass is 16.6. The van der Waals surface area contributed by atoms with Crippen LogP contribution in [0, 0.1) is 57.2 Å². The zero-order valence-electron chi connectivity index (χ0n) is 77.3. The van der Waals surface area contributed by atoms with Gasteiger partial charge in [-0.1, -0.05) is 125 Å². The Labute approximate surface area is 777 Å². The number of alkyl carbamates (subject to hydrolysis) is 4. The third kappa shape index (κ3) is 20.1. The van der Waals surface area contributed by atoms with Crippen molar-refractivity contribution in [3.63, 3.8) is 0 Å². The third-order valence-electron chi connectivity index (χ3n) is 27.9. The number of nitrogens with one attached hydrogen (secondary N) is 8. The van der Waals surface area contributed by atoms with Crippen LogP contribution >= 0.6 is 0 Å². The second-order valence-corrected chi connectivity index (χ2v) is 38.6. The van der Waals surface area contributed by atoms with E-state index in [0.717, 1.165) is 197 Å². The van der Waals surface area contributed by atoms with E-state index in [1.165, 1.54) is 21.3 Å². The first-order valence-corrected chi connectivity index (χ1v) is 46.2. The van der Waals surface area contributed by atoms with E-state index in [0.29, 0.717) is 24.2 Å². The number of carboxylic acid groups (broad SMARTS) is 1. The highest BCUT2D eigenvalue weighted by molar-refractivity contribution is 5.94. The summed E-state index contributed by atoms with van der Waals surface area (Å²) >= 11 is 0. The number of H-pyrrole nitrogens is 4. The number of aromatic nitrogens is 8. The lowest BCUT2D eigenvalue weighted by molar-refractivity contribution is -0.140. The van der Waals surface area contributed by atoms with Crippen molar-refractivity contribution >= 4 is 75.7 Å². The number of likely N-dealkylation sites (tertiary alicyclic amines) is 4. The molecular formula is C101H116N18O15. The SMILES string of the molecule is COC(=O)N[C@@H](CCC#N)C(=O)N1CC2(CC2)C[C@H]1c1ncc(-c2ccc3cc(-c4ccc(-c5cnc([C@@H]6[C@H]7CC[C@H](C7)N6C(=O)[C@@H](NC(=O)OC)C(C)C)[nH]5)cc4)ccc3c2)[nH]1.COC(=O)N[C@@H](CCC#N)C(=O)O.COC(=O)N[C@H](C(=O)N1[C@@H]2CC[C@@H](C2)[C@H]1c1ncc(-c2ccc(-c3ccc4cc(-c5cnc([C@@H]6CC7(CC7)CN6C(=O)OC(C)(C)C)[nH]5)ccc4c3)cc2)[nH]1)C(C)C. The number of benzene rings is 6. The van der Waals surface area contributed by atoms with Gasteiger partial charge in [-0.05, 0) is 224 Å². The lowest BCUT2D eigenvalue weighted by Gasteiger charge is -2.37. The predicted octanol–water partition coefficient (Wildman–Crippen LogP) is 17.1. The molecule has 4 aliphatic carbocycles. The molecule has 4 aromatic heterocycles. The van der Waals surface area contributed by atoms with Crippen LogP contribution in [0.2, 0.25) is 0 Å². The molecule has 12 atom stereocenters. The van der Waals surface area contributed by atoms with Crippen LogP contribution in [-0.4, -0.2) is 202 Å². The van der Waals surface area contributed by atoms with Crippen molar-refractivity contribution in [3.8, 4) is 79.4 Å². The number of hydrogen-bond acceptors (Lipinski definition) is 20. The van der Waals surface area contributed by atoms with Crippen LogP contribution in [0.1, 0.15) is 199 Å². The Kier molecular flexibility index (Phi) is 27.1. The van der Waals surface area contributed by atoms with Crippen LogP contribution in [0.4, 0.5) is 24.0 Å². The minimum Gasteiger partial charge on any atom is -0.480 e. The molecule has 134 heavy (non-hydrogen) atoms. The predicted molar refractivity (Wildman–Crippen MR) is 498 cm³/mol. The van der Waals surface area contributed by atoms with E-state index in [1.807, 2.05) is 92.9 Å². The topological polar surface area (TPSA) is 443 Å². The fraction of sp³-hybridized carbons (Fsp3) is 0.455. The summed E-state index contributed by atoms with van der Waals surface area (Å²) in [5.41, 5.74) is 11.7. The van der Waals surface area contributed by atoms with Gasteiger partial charge in [0.05, 0.1) is 112 Å². The summed E-state index contributed by atoms with van der Waals surface area (Å²) in [6.07, 6.45) is 16.8. The average Bonchev–Trinajstić information content (AvgIpc) is 1.58. The molecule has 8 amide bonds. The standard InChI is InChI=1S/C48H53N9O6.C46H53N7O5.C7H10N2O4/c1-27(2)40(55-47(61)63-4)45(59)57-35-16-15-34(22-35)41(57)43-51-24-37(53-43)29-9-7-28(8-10-29)30-11-12-32-21-33(14-13-31(32)20-30)38-25-50-42(52-38)39-23-48(17-18-48)26-56(39)44(58)36(6-5-19-49)54-46(60)62-3;1-26(2)38(51-43(55)57-6)42(54)53-34-16-15-33(21-34)39(53)41-48-23-35(50-41)28-9-7-27(8-10-28)29-11-12-31-20-32(14-13-30(31)19-29)36-24-47-40(49-36)37-22-46(17-18-46)25-52(37)44(56)58-45(3,4)5;1-13-7(12)9-5(6(10)11)3-2-4-8/h7-14,20-21,24-25,27,34-36,39-41H,5-6,15-18,22-23,26H2,1-4H3,(H,50,52)(H,51,53)(H,54,60)(H,55,61);7-14,19-20,23-24,26,33-34,37-39H,15-18,21-22,25H2,1-6H3,(H,47,49)(H,48,50)(H,51,55);5H,2-3H2,1H3,(H,9,12)(H,10,11)/t34-,35+,36-,39-,40-,41-;33-,34+,37-,38-,39-;5-/m000/s1. The Morgan fingerprint density at radius 1 is 0.448 bits per heavy atom. The van der Waals surface area contributed by atoms with Crippen LogP contribution in [0.5, 0.6) is 0 Å². The van der Waals surface area contributed by atoms with E-state index in [2.05, 4.69) is 173 Å². The molecule has 4 saturated carbocycles. The van der Waals surface area contributed by atoms with Crippen molar-refractivity contribution in [1.29, 1.82) is 10.5 Å². The second kappa shape index (κ2) is 39.0. The van der Waals surface area contributed by atoms with E-state index < -0.39 is 60.1 Å². The molecule has 700 valence electrons. The summed E-state index contributed by atoms with van der Waals surface area (Å²) in [6, 6.07) is 42.7. The van der Waals surface area contributed by atoms with Gasteiger partial charge in [0.25, 0.3) is 0 Å². The molecule has 4 aliphatic heterocycles. The van der Waals surface area contributed by atoms with Crippen LogP contribution in [0.3, 0.4) is 0 Å². The quantitative estimate of drug-likeness (QED) is 0.0254. The first-order valence-electron chi connectivity index (χ1n) is 46.2. The summed E-state index contributed by atoms with van der Waals surface area (Å²) in [5.74, 6) is 1.91. The van der Waals surface area contributed by atoms with Crippen molar-refractivity contribution in [2.75, 3.05) is 41.5 Å². The van der Waals surface area contributed by atoms with Crippen molar-refractivity contribution in [3.05, 3.63) is 169 Å². The number of amides is 8. The number of ether oxygens (including phenoxy) is 5. The Morgan fingerprint density at radius 3 is 1.16 bits per heavy atom. The van der Waals surface area contributed by atoms with E-state index >= 15 is 0 Å². The van der Waals surface area contributed by atoms with Crippen LogP contribution < -0.4 is 21.3 Å². The number of nitrogens with zero attached hydrogens (tertiary/aromatic N) is 10. The minimum absolute atomic E-state index is 0.0626. The summed E-state index contributed by atoms with van der Waals surface area (Å²) in [4.78, 5) is 153. The summed E-state index contributed by atoms with van der Waals surface area (Å²) in [6.45, 7) is 14.7. The third-order valence-corrected chi connectivity index (χ3v) is 27.9. The van der Waals surface area contributed by atoms with Crippen LogP contribution in [0.15, 0.2) is 146 Å². The van der Waals surface area contributed by atoms with Crippen molar-refractivity contribution < 1.29 is 71.9 Å². The largest absolute Gasteiger partial charge is 0.480 e. The Hall–Kier alpha value is -14.1. The number of aliphatic carboxylic acids is 1. The maximum atomic E-state index is 14.0. The van der Waals surface area contributed by atoms with E-state index in [1.54, 1.807) is 6.07 Å². The summed E-state index contributed by atoms with van der Waals surface area (Å²) in [7, 11) is 5.01. The monoisotopic (exact) mass is 1820 g/mol. The number of methoxy groups -OCH3 is 4. The Bertz CT molecular complexity index is 6150. The van der Waals surface area contributed by atoms with Gasteiger partial charge in [-0.2, -0.15) is 10.5 Å². The Morgan fingerprint density at radius 2 is 0.784 bits per heavy atom. The number of rotatable bonds is 24. The van der Waals surface area contributed by atoms with Crippen molar-refractivity contribution in [1.82, 2.24) is 80.7 Å². The smallest absolute Gasteiger partial charge is 0.410 e. The van der Waals surface area contributed by atoms with Gasteiger partial charge in [-0.3, -0.25) is 19.3 Å². The lowest BCUT2D eigenvalue weighted by atomic mass is 9.95. The van der Waals surface area contributed by atoms with Crippen molar-refractivity contribution in [2.45, 2.75) is 217 Å². The molecule has 6 aromatic carbocycles. The lowest BCUT2D eigenvalue weighted by Crippen LogP contribution is -2.54. The van der Waals surface area contributed by atoms with Gasteiger partial charge in [0.2, 0.25) is 17.7 Å². The first-order chi connectivity index (χ1) is 64.4. The summed E-state index contributed by atoms with van der Waals surface area (Å²) < 4.78 is 24.4. The van der Waals surface area contributed by atoms with Gasteiger partial charge >= 0.3 is 36.4 Å². The highest BCUT2D eigenvalue weighted by Crippen LogP contribution is 2.60. The molecule has 9 N–H and O–H groups in total. The minimum atomic E-state index is -1.18. The second-order valence-electron chi connectivity index (χ2n) is 38.6. The molecule has 8 aliphatic rings. The molecule has 0 radical (unpaired) electrons. The van der Waals surface area contributed by atoms with Gasteiger partial charge in [0.1, 0.15) is 53.1 Å². The Balaban J connectivity index is 0.000000172.